The highest BCUT2D eigenvalue weighted by Crippen LogP contribution is 2.19. The molecule has 27 heavy (non-hydrogen) atoms. The Morgan fingerprint density at radius 3 is 2.78 bits per heavy atom. The van der Waals surface area contributed by atoms with Crippen molar-refractivity contribution in [2.75, 3.05) is 26.7 Å². The van der Waals surface area contributed by atoms with Crippen molar-refractivity contribution < 1.29 is 13.9 Å². The molecule has 1 aromatic heterocycles. The number of aliphatic imine (C=N–C) groups is 1. The molecule has 2 aromatic rings. The number of amides is 1. The Balaban J connectivity index is 1.82. The van der Waals surface area contributed by atoms with Gasteiger partial charge in [-0.2, -0.15) is 0 Å². The first-order chi connectivity index (χ1) is 13.1. The predicted octanol–water partition coefficient (Wildman–Crippen LogP) is 2.01. The Morgan fingerprint density at radius 2 is 2.07 bits per heavy atom. The van der Waals surface area contributed by atoms with Crippen molar-refractivity contribution in [3.63, 3.8) is 0 Å². The predicted molar refractivity (Wildman–Crippen MR) is 106 cm³/mol. The molecule has 0 spiro atoms. The number of nitrogens with zero attached hydrogens (tertiary/aromatic N) is 1. The van der Waals surface area contributed by atoms with Gasteiger partial charge in [0.15, 0.2) is 5.96 Å². The molecule has 0 aliphatic rings. The molecule has 0 radical (unpaired) electrons. The minimum Gasteiger partial charge on any atom is -0.496 e. The summed E-state index contributed by atoms with van der Waals surface area (Å²) in [4.78, 5) is 16.3. The summed E-state index contributed by atoms with van der Waals surface area (Å²) in [5.41, 5.74) is 2.33. The lowest BCUT2D eigenvalue weighted by atomic mass is 10.1. The molecule has 0 aliphatic carbocycles. The monoisotopic (exact) mass is 372 g/mol. The van der Waals surface area contributed by atoms with Crippen molar-refractivity contribution in [2.24, 2.45) is 4.99 Å². The summed E-state index contributed by atoms with van der Waals surface area (Å²) in [5.74, 6) is 2.03. The van der Waals surface area contributed by atoms with Crippen molar-refractivity contribution in [1.82, 2.24) is 16.0 Å². The molecule has 7 heteroatoms. The molecule has 3 N–H and O–H groups in total. The van der Waals surface area contributed by atoms with E-state index in [-0.39, 0.29) is 12.5 Å². The molecule has 1 heterocycles. The van der Waals surface area contributed by atoms with Crippen LogP contribution in [-0.4, -0.2) is 38.6 Å². The lowest BCUT2D eigenvalue weighted by molar-refractivity contribution is -0.119. The van der Waals surface area contributed by atoms with Gasteiger partial charge in [0.1, 0.15) is 18.1 Å². The lowest BCUT2D eigenvalue weighted by Gasteiger charge is -2.13. The fourth-order valence-corrected chi connectivity index (χ4v) is 2.57. The Kier molecular flexibility index (Phi) is 8.22. The van der Waals surface area contributed by atoms with Crippen LogP contribution in [0.1, 0.15) is 23.8 Å². The molecule has 0 atom stereocenters. The minimum atomic E-state index is -0.163. The normalized spacial score (nSPS) is 11.1. The molecule has 0 bridgehead atoms. The SMILES string of the molecule is CCNC(=NCC(=O)NCc1ccco1)NCCc1cc(C)ccc1OC. The number of benzene rings is 1. The first-order valence-corrected chi connectivity index (χ1v) is 9.07. The molecule has 0 fully saturated rings. The molecule has 0 saturated heterocycles. The summed E-state index contributed by atoms with van der Waals surface area (Å²) in [6, 6.07) is 9.73. The molecule has 1 aromatic carbocycles. The van der Waals surface area contributed by atoms with Gasteiger partial charge in [0.05, 0.1) is 19.9 Å². The average molecular weight is 372 g/mol. The molecule has 1 amide bonds. The van der Waals surface area contributed by atoms with Crippen molar-refractivity contribution in [1.29, 1.82) is 0 Å². The molecule has 0 unspecified atom stereocenters. The fourth-order valence-electron chi connectivity index (χ4n) is 2.57. The van der Waals surface area contributed by atoms with E-state index in [1.54, 1.807) is 19.4 Å². The largest absolute Gasteiger partial charge is 0.496 e. The van der Waals surface area contributed by atoms with Gasteiger partial charge in [-0.25, -0.2) is 4.99 Å². The molecule has 0 aliphatic heterocycles. The summed E-state index contributed by atoms with van der Waals surface area (Å²) in [5, 5.41) is 9.17. The smallest absolute Gasteiger partial charge is 0.242 e. The number of methoxy groups -OCH3 is 1. The van der Waals surface area contributed by atoms with Gasteiger partial charge in [-0.15, -0.1) is 0 Å². The Bertz CT molecular complexity index is 742. The summed E-state index contributed by atoms with van der Waals surface area (Å²) < 4.78 is 10.6. The highest BCUT2D eigenvalue weighted by Gasteiger charge is 2.06. The van der Waals surface area contributed by atoms with E-state index in [4.69, 9.17) is 9.15 Å². The van der Waals surface area contributed by atoms with Gasteiger partial charge in [0.25, 0.3) is 0 Å². The number of rotatable bonds is 9. The van der Waals surface area contributed by atoms with Crippen molar-refractivity contribution in [2.45, 2.75) is 26.8 Å². The second kappa shape index (κ2) is 10.9. The van der Waals surface area contributed by atoms with E-state index in [0.717, 1.165) is 17.7 Å². The number of ether oxygens (including phenoxy) is 1. The third kappa shape index (κ3) is 7.05. The van der Waals surface area contributed by atoms with Crippen molar-refractivity contribution in [3.8, 4) is 5.75 Å². The molecular formula is C20H28N4O3. The number of guanidine groups is 1. The van der Waals surface area contributed by atoms with Crippen LogP contribution in [0.3, 0.4) is 0 Å². The van der Waals surface area contributed by atoms with Crippen LogP contribution in [0.15, 0.2) is 46.0 Å². The quantitative estimate of drug-likeness (QED) is 0.463. The molecule has 146 valence electrons. The van der Waals surface area contributed by atoms with Gasteiger partial charge < -0.3 is 25.1 Å². The van der Waals surface area contributed by atoms with E-state index >= 15 is 0 Å². The van der Waals surface area contributed by atoms with Gasteiger partial charge in [-0.1, -0.05) is 17.7 Å². The van der Waals surface area contributed by atoms with Gasteiger partial charge in [0.2, 0.25) is 5.91 Å². The number of carbonyl (C=O) groups excluding carboxylic acids is 1. The van der Waals surface area contributed by atoms with Crippen LogP contribution in [0.2, 0.25) is 0 Å². The fraction of sp³-hybridized carbons (Fsp3) is 0.400. The van der Waals surface area contributed by atoms with E-state index in [9.17, 15) is 4.79 Å². The van der Waals surface area contributed by atoms with Crippen LogP contribution >= 0.6 is 0 Å². The minimum absolute atomic E-state index is 0.0454. The Labute approximate surface area is 160 Å². The summed E-state index contributed by atoms with van der Waals surface area (Å²) >= 11 is 0. The van der Waals surface area contributed by atoms with Crippen LogP contribution in [0.25, 0.3) is 0 Å². The number of nitrogens with one attached hydrogen (secondary N) is 3. The first-order valence-electron chi connectivity index (χ1n) is 9.07. The number of aryl methyl sites for hydroxylation is 1. The van der Waals surface area contributed by atoms with Gasteiger partial charge >= 0.3 is 0 Å². The zero-order chi connectivity index (χ0) is 19.5. The van der Waals surface area contributed by atoms with Crippen molar-refractivity contribution >= 4 is 11.9 Å². The van der Waals surface area contributed by atoms with E-state index in [1.807, 2.05) is 25.1 Å². The van der Waals surface area contributed by atoms with E-state index in [2.05, 4.69) is 33.9 Å². The van der Waals surface area contributed by atoms with Crippen molar-refractivity contribution in [3.05, 3.63) is 53.5 Å². The zero-order valence-corrected chi connectivity index (χ0v) is 16.2. The molecule has 2 rings (SSSR count). The number of furan rings is 1. The third-order valence-electron chi connectivity index (χ3n) is 3.89. The Morgan fingerprint density at radius 1 is 1.22 bits per heavy atom. The van der Waals surface area contributed by atoms with Gasteiger partial charge in [0, 0.05) is 13.1 Å². The zero-order valence-electron chi connectivity index (χ0n) is 16.2. The Hall–Kier alpha value is -2.96. The van der Waals surface area contributed by atoms with Crippen LogP contribution in [0, 0.1) is 6.92 Å². The summed E-state index contributed by atoms with van der Waals surface area (Å²) in [6.45, 7) is 5.84. The topological polar surface area (TPSA) is 87.9 Å². The number of hydrogen-bond acceptors (Lipinski definition) is 4. The van der Waals surface area contributed by atoms with E-state index in [0.29, 0.717) is 31.4 Å². The highest BCUT2D eigenvalue weighted by atomic mass is 16.5. The molecule has 0 saturated carbocycles. The maximum Gasteiger partial charge on any atom is 0.242 e. The average Bonchev–Trinajstić information content (AvgIpc) is 3.18. The molecular weight excluding hydrogens is 344 g/mol. The molecule has 7 nitrogen and oxygen atoms in total. The second-order valence-electron chi connectivity index (χ2n) is 6.04. The van der Waals surface area contributed by atoms with Gasteiger partial charge in [-0.05, 0) is 44.0 Å². The van der Waals surface area contributed by atoms with E-state index < -0.39 is 0 Å². The van der Waals surface area contributed by atoms with Crippen LogP contribution in [0.5, 0.6) is 5.75 Å². The maximum atomic E-state index is 11.9. The summed E-state index contributed by atoms with van der Waals surface area (Å²) in [6.07, 6.45) is 2.37. The van der Waals surface area contributed by atoms with Crippen LogP contribution in [0.4, 0.5) is 0 Å². The van der Waals surface area contributed by atoms with Gasteiger partial charge in [-0.3, -0.25) is 4.79 Å². The maximum absolute atomic E-state index is 11.9. The summed E-state index contributed by atoms with van der Waals surface area (Å²) in [7, 11) is 1.68. The third-order valence-corrected chi connectivity index (χ3v) is 3.89. The van der Waals surface area contributed by atoms with Crippen LogP contribution in [-0.2, 0) is 17.8 Å². The highest BCUT2D eigenvalue weighted by molar-refractivity contribution is 5.84. The van der Waals surface area contributed by atoms with E-state index in [1.165, 1.54) is 5.56 Å². The lowest BCUT2D eigenvalue weighted by Crippen LogP contribution is -2.39. The number of hydrogen-bond donors (Lipinski definition) is 3. The second-order valence-corrected chi connectivity index (χ2v) is 6.04. The van der Waals surface area contributed by atoms with Crippen LogP contribution < -0.4 is 20.7 Å². The standard InChI is InChI=1S/C20H28N4O3/c1-4-21-20(24-14-19(25)23-13-17-6-5-11-27-17)22-10-9-16-12-15(2)7-8-18(16)26-3/h5-8,11-12H,4,9-10,13-14H2,1-3H3,(H,23,25)(H2,21,22,24). The first kappa shape index (κ1) is 20.4. The number of carbonyl (C=O) groups is 1.